The van der Waals surface area contributed by atoms with Crippen molar-refractivity contribution in [2.75, 3.05) is 0 Å². The average Bonchev–Trinajstić information content (AvgIpc) is 3.84. The Balaban J connectivity index is 1.15. The highest BCUT2D eigenvalue weighted by atomic mass is 15.0. The summed E-state index contributed by atoms with van der Waals surface area (Å²) >= 11 is 0. The van der Waals surface area contributed by atoms with Gasteiger partial charge in [0.15, 0.2) is 0 Å². The Labute approximate surface area is 316 Å². The lowest BCUT2D eigenvalue weighted by molar-refractivity contribution is 1.18. The molecular weight excluding hydrogens is 605 g/mol. The van der Waals surface area contributed by atoms with E-state index in [0.717, 1.165) is 21.9 Å². The number of hydrogen-bond acceptors (Lipinski definition) is 0. The van der Waals surface area contributed by atoms with Crippen LogP contribution in [-0.2, 0) is 0 Å². The molecule has 2 heterocycles. The number of hydrogen-bond donors (Lipinski definition) is 0. The van der Waals surface area contributed by atoms with Gasteiger partial charge < -0.3 is 9.13 Å². The number of benzene rings is 8. The van der Waals surface area contributed by atoms with Crippen LogP contribution in [0.25, 0.3) is 88.4 Å². The van der Waals surface area contributed by atoms with Gasteiger partial charge in [0, 0.05) is 32.9 Å². The molecule has 0 unspecified atom stereocenters. The van der Waals surface area contributed by atoms with Gasteiger partial charge in [0.2, 0.25) is 0 Å². The van der Waals surface area contributed by atoms with Crippen molar-refractivity contribution in [3.05, 3.63) is 194 Å². The summed E-state index contributed by atoms with van der Waals surface area (Å²) in [6.07, 6.45) is 0. The first-order valence-corrected chi connectivity index (χ1v) is 15.7. The van der Waals surface area contributed by atoms with Crippen LogP contribution in [-0.4, -0.2) is 9.13 Å². The van der Waals surface area contributed by atoms with E-state index in [1.54, 1.807) is 45.5 Å². The molecule has 0 bridgehead atoms. The van der Waals surface area contributed by atoms with Crippen molar-refractivity contribution in [3.8, 4) is 44.8 Å². The van der Waals surface area contributed by atoms with E-state index in [9.17, 15) is 5.48 Å². The van der Waals surface area contributed by atoms with Gasteiger partial charge in [-0.3, -0.25) is 0 Å². The molecule has 234 valence electrons. The quantitative estimate of drug-likeness (QED) is 0.175. The Morgan fingerprint density at radius 2 is 0.660 bits per heavy atom. The molecule has 2 heteroatoms. The Kier molecular flexibility index (Phi) is 3.62. The van der Waals surface area contributed by atoms with E-state index in [2.05, 4.69) is 0 Å². The molecule has 50 heavy (non-hydrogen) atoms. The first-order chi connectivity index (χ1) is 32.3. The van der Waals surface area contributed by atoms with Crippen LogP contribution in [0.15, 0.2) is 194 Å². The largest absolute Gasteiger partial charge is 0.309 e. The SMILES string of the molecule is [2H]c1c([2H])c([2H])c(-c2c([2H])c([2H])c(-n3c4ccccc4c4cc(-c5ccc6c(c5)c5ccccc5n6-c5c([2H])c([2H])c(-c6c([2H])c([2H])c([2H])c([2H])c6[2H])c([2H])c5[2H])ccc43)c([2H])c2[2H])c([2H])c1[2H]. The Morgan fingerprint density at radius 1 is 0.300 bits per heavy atom. The van der Waals surface area contributed by atoms with Crippen molar-refractivity contribution >= 4 is 43.6 Å². The summed E-state index contributed by atoms with van der Waals surface area (Å²) in [5, 5.41) is 2.86. The van der Waals surface area contributed by atoms with Crippen molar-refractivity contribution in [2.24, 2.45) is 0 Å². The zero-order valence-corrected chi connectivity index (χ0v) is 26.0. The predicted octanol–water partition coefficient (Wildman–Crippen LogP) is 12.9. The zero-order chi connectivity index (χ0) is 48.7. The van der Waals surface area contributed by atoms with Gasteiger partial charge in [-0.15, -0.1) is 0 Å². The highest BCUT2D eigenvalue weighted by Crippen LogP contribution is 2.38. The smallest absolute Gasteiger partial charge is 0.0645 e. The van der Waals surface area contributed by atoms with E-state index in [4.69, 9.17) is 19.2 Å². The second-order valence-electron chi connectivity index (χ2n) is 11.6. The summed E-state index contributed by atoms with van der Waals surface area (Å²) in [5.74, 6) is 0. The third-order valence-electron chi connectivity index (χ3n) is 8.85. The van der Waals surface area contributed by atoms with E-state index in [-0.39, 0.29) is 11.4 Å². The van der Waals surface area contributed by atoms with Crippen LogP contribution in [0.2, 0.25) is 0 Å². The fourth-order valence-electron chi connectivity index (χ4n) is 6.62. The second kappa shape index (κ2) is 11.5. The first-order valence-electron chi connectivity index (χ1n) is 24.7. The third kappa shape index (κ3) is 4.57. The summed E-state index contributed by atoms with van der Waals surface area (Å²) in [6, 6.07) is 14.9. The van der Waals surface area contributed by atoms with E-state index in [1.807, 2.05) is 48.5 Å². The number of rotatable bonds is 5. The maximum Gasteiger partial charge on any atom is 0.0645 e. The summed E-state index contributed by atoms with van der Waals surface area (Å²) in [5.41, 5.74) is 1.83. The highest BCUT2D eigenvalue weighted by Gasteiger charge is 2.16. The molecule has 2 aromatic heterocycles. The van der Waals surface area contributed by atoms with Crippen molar-refractivity contribution in [3.63, 3.8) is 0 Å². The molecule has 10 rings (SSSR count). The van der Waals surface area contributed by atoms with Gasteiger partial charge in [-0.05, 0) is 93.9 Å². The Hall–Kier alpha value is -6.64. The number of para-hydroxylation sites is 2. The number of fused-ring (bicyclic) bond motifs is 6. The minimum Gasteiger partial charge on any atom is -0.309 e. The number of aromatic nitrogens is 2. The summed E-state index contributed by atoms with van der Waals surface area (Å²) in [6.45, 7) is 0. The molecule has 0 aliphatic heterocycles. The third-order valence-corrected chi connectivity index (χ3v) is 8.85. The van der Waals surface area contributed by atoms with Crippen LogP contribution in [0.5, 0.6) is 0 Å². The van der Waals surface area contributed by atoms with Gasteiger partial charge in [-0.1, -0.05) is 133 Å². The van der Waals surface area contributed by atoms with Crippen LogP contribution in [0.4, 0.5) is 0 Å². The van der Waals surface area contributed by atoms with Crippen molar-refractivity contribution in [1.82, 2.24) is 9.13 Å². The average molecular weight is 655 g/mol. The van der Waals surface area contributed by atoms with Crippen LogP contribution < -0.4 is 0 Å². The molecule has 0 fully saturated rings. The fourth-order valence-corrected chi connectivity index (χ4v) is 6.62. The van der Waals surface area contributed by atoms with Crippen LogP contribution in [0, 0.1) is 0 Å². The zero-order valence-electron chi connectivity index (χ0n) is 44.0. The van der Waals surface area contributed by atoms with E-state index < -0.39 is 131 Å². The van der Waals surface area contributed by atoms with Crippen LogP contribution >= 0.6 is 0 Å². The molecule has 2 nitrogen and oxygen atoms in total. The maximum absolute atomic E-state index is 9.22. The van der Waals surface area contributed by atoms with E-state index in [0.29, 0.717) is 32.8 Å². The Bertz CT molecular complexity index is 3540. The molecule has 0 aliphatic carbocycles. The second-order valence-corrected chi connectivity index (χ2v) is 11.6. The van der Waals surface area contributed by atoms with Gasteiger partial charge in [0.25, 0.3) is 0 Å². The molecule has 0 radical (unpaired) electrons. The standard InChI is InChI=1S/C48H32N2/c1-3-11-33(12-4-1)35-19-25-39(26-20-35)49-45-17-9-7-15-41(45)43-31-37(23-29-47(43)49)38-24-30-48-44(32-38)42-16-8-10-18-46(42)50(48)40-27-21-36(22-28-40)34-13-5-2-6-14-34/h1-32H/i1D,2D,3D,4D,5D,6D,11D,12D,13D,14D,19D,20D,21D,22D,25D,26D,27D,28D. The van der Waals surface area contributed by atoms with Crippen LogP contribution in [0.1, 0.15) is 24.7 Å². The van der Waals surface area contributed by atoms with E-state index >= 15 is 0 Å². The molecule has 10 aromatic rings. The van der Waals surface area contributed by atoms with Crippen molar-refractivity contribution in [2.45, 2.75) is 0 Å². The lowest BCUT2D eigenvalue weighted by atomic mass is 10.0. The van der Waals surface area contributed by atoms with Gasteiger partial charge in [-0.25, -0.2) is 0 Å². The molecular formula is C48H32N2. The Morgan fingerprint density at radius 3 is 1.08 bits per heavy atom. The summed E-state index contributed by atoms with van der Waals surface area (Å²) < 4.78 is 159. The molecule has 0 aliphatic rings. The minimum atomic E-state index is -0.665. The maximum atomic E-state index is 9.22. The molecule has 0 amide bonds. The van der Waals surface area contributed by atoms with Crippen molar-refractivity contribution in [1.29, 1.82) is 0 Å². The van der Waals surface area contributed by atoms with Gasteiger partial charge in [-0.2, -0.15) is 0 Å². The van der Waals surface area contributed by atoms with E-state index in [1.165, 1.54) is 0 Å². The number of nitrogens with zero attached hydrogens (tertiary/aromatic N) is 2. The van der Waals surface area contributed by atoms with Gasteiger partial charge in [0.05, 0.1) is 46.7 Å². The highest BCUT2D eigenvalue weighted by molar-refractivity contribution is 6.12. The normalized spacial score (nSPS) is 16.6. The predicted molar refractivity (Wildman–Crippen MR) is 211 cm³/mol. The molecule has 0 spiro atoms. The summed E-state index contributed by atoms with van der Waals surface area (Å²) in [4.78, 5) is 0. The van der Waals surface area contributed by atoms with Gasteiger partial charge >= 0.3 is 0 Å². The molecule has 0 saturated carbocycles. The monoisotopic (exact) mass is 654 g/mol. The lowest BCUT2D eigenvalue weighted by Crippen LogP contribution is -1.94. The van der Waals surface area contributed by atoms with Crippen LogP contribution in [0.3, 0.4) is 0 Å². The molecule has 0 atom stereocenters. The topological polar surface area (TPSA) is 9.86 Å². The fraction of sp³-hybridized carbons (Fsp3) is 0. The summed E-state index contributed by atoms with van der Waals surface area (Å²) in [7, 11) is 0. The minimum absolute atomic E-state index is 0.0974. The first kappa shape index (κ1) is 15.7. The van der Waals surface area contributed by atoms with Crippen molar-refractivity contribution < 1.29 is 24.7 Å². The lowest BCUT2D eigenvalue weighted by Gasteiger charge is -2.11. The van der Waals surface area contributed by atoms with Gasteiger partial charge in [0.1, 0.15) is 0 Å². The molecule has 0 saturated heterocycles. The molecule has 0 N–H and O–H groups in total. The molecule has 8 aromatic carbocycles.